The van der Waals surface area contributed by atoms with Crippen molar-refractivity contribution in [2.24, 2.45) is 5.92 Å². The molecule has 1 amide bonds. The van der Waals surface area contributed by atoms with E-state index in [0.29, 0.717) is 6.42 Å². The van der Waals surface area contributed by atoms with Crippen LogP contribution in [0.1, 0.15) is 29.9 Å². The van der Waals surface area contributed by atoms with Crippen molar-refractivity contribution < 1.29 is 14.7 Å². The molecule has 1 aromatic rings. The molecule has 1 saturated carbocycles. The van der Waals surface area contributed by atoms with E-state index in [4.69, 9.17) is 0 Å². The average molecular weight is 231 g/mol. The molecule has 0 aromatic heterocycles. The number of benzene rings is 1. The number of carboxylic acids is 1. The van der Waals surface area contributed by atoms with Crippen LogP contribution in [0.2, 0.25) is 0 Å². The van der Waals surface area contributed by atoms with Crippen LogP contribution >= 0.6 is 0 Å². The number of rotatable bonds is 3. The maximum Gasteiger partial charge on any atom is 0.311 e. The van der Waals surface area contributed by atoms with Gasteiger partial charge in [-0.05, 0) is 36.0 Å². The highest BCUT2D eigenvalue weighted by molar-refractivity contribution is 5.99. The molecule has 88 valence electrons. The molecule has 0 spiro atoms. The highest BCUT2D eigenvalue weighted by atomic mass is 16.4. The number of anilines is 1. The van der Waals surface area contributed by atoms with Crippen LogP contribution in [0, 0.1) is 5.92 Å². The van der Waals surface area contributed by atoms with Crippen LogP contribution in [0.5, 0.6) is 0 Å². The van der Waals surface area contributed by atoms with Crippen molar-refractivity contribution in [2.45, 2.75) is 25.2 Å². The SMILES string of the molecule is O=C1Cc2cc(C(C(=O)O)C3CC3)ccc2N1. The fraction of sp³-hybridized carbons (Fsp3) is 0.385. The lowest BCUT2D eigenvalue weighted by Crippen LogP contribution is -2.13. The maximum absolute atomic E-state index is 11.3. The van der Waals surface area contributed by atoms with Gasteiger partial charge in [0, 0.05) is 5.69 Å². The van der Waals surface area contributed by atoms with Crippen molar-refractivity contribution in [3.63, 3.8) is 0 Å². The first kappa shape index (κ1) is 10.3. The molecule has 1 aliphatic heterocycles. The van der Waals surface area contributed by atoms with Crippen molar-refractivity contribution in [3.05, 3.63) is 29.3 Å². The Labute approximate surface area is 98.6 Å². The molecule has 1 fully saturated rings. The lowest BCUT2D eigenvalue weighted by molar-refractivity contribution is -0.139. The Morgan fingerprint density at radius 1 is 1.41 bits per heavy atom. The Balaban J connectivity index is 1.96. The summed E-state index contributed by atoms with van der Waals surface area (Å²) in [5.74, 6) is -0.910. The topological polar surface area (TPSA) is 66.4 Å². The third-order valence-corrected chi connectivity index (χ3v) is 3.47. The Morgan fingerprint density at radius 3 is 2.82 bits per heavy atom. The number of hydrogen-bond acceptors (Lipinski definition) is 2. The molecule has 4 nitrogen and oxygen atoms in total. The van der Waals surface area contributed by atoms with Crippen LogP contribution in [0.25, 0.3) is 0 Å². The van der Waals surface area contributed by atoms with Crippen LogP contribution < -0.4 is 5.32 Å². The molecule has 17 heavy (non-hydrogen) atoms. The zero-order valence-corrected chi connectivity index (χ0v) is 9.27. The molecule has 1 heterocycles. The van der Waals surface area contributed by atoms with Gasteiger partial charge < -0.3 is 10.4 Å². The van der Waals surface area contributed by atoms with Gasteiger partial charge in [-0.1, -0.05) is 12.1 Å². The molecule has 4 heteroatoms. The van der Waals surface area contributed by atoms with Gasteiger partial charge in [0.2, 0.25) is 5.91 Å². The summed E-state index contributed by atoms with van der Waals surface area (Å²) in [5, 5.41) is 12.0. The highest BCUT2D eigenvalue weighted by Gasteiger charge is 2.37. The molecule has 1 aromatic carbocycles. The minimum absolute atomic E-state index is 0.0181. The number of hydrogen-bond donors (Lipinski definition) is 2. The summed E-state index contributed by atoms with van der Waals surface area (Å²) in [4.78, 5) is 22.5. The summed E-state index contributed by atoms with van der Waals surface area (Å²) in [5.41, 5.74) is 2.56. The van der Waals surface area contributed by atoms with Gasteiger partial charge in [-0.25, -0.2) is 0 Å². The van der Waals surface area contributed by atoms with Gasteiger partial charge in [-0.2, -0.15) is 0 Å². The second kappa shape index (κ2) is 3.58. The quantitative estimate of drug-likeness (QED) is 0.833. The first-order valence-corrected chi connectivity index (χ1v) is 5.80. The second-order valence-corrected chi connectivity index (χ2v) is 4.79. The molecule has 3 rings (SSSR count). The predicted octanol–water partition coefficient (Wildman–Crippen LogP) is 1.76. The van der Waals surface area contributed by atoms with Crippen LogP contribution in [-0.4, -0.2) is 17.0 Å². The van der Waals surface area contributed by atoms with Crippen molar-refractivity contribution in [1.82, 2.24) is 0 Å². The van der Waals surface area contributed by atoms with E-state index < -0.39 is 11.9 Å². The molecule has 0 radical (unpaired) electrons. The Bertz CT molecular complexity index is 505. The van der Waals surface area contributed by atoms with Gasteiger partial charge in [0.1, 0.15) is 0 Å². The van der Waals surface area contributed by atoms with E-state index in [2.05, 4.69) is 5.32 Å². The van der Waals surface area contributed by atoms with Gasteiger partial charge in [-0.3, -0.25) is 9.59 Å². The molecule has 2 aliphatic rings. The van der Waals surface area contributed by atoms with Crippen molar-refractivity contribution >= 4 is 17.6 Å². The fourth-order valence-corrected chi connectivity index (χ4v) is 2.49. The third kappa shape index (κ3) is 1.79. The maximum atomic E-state index is 11.3. The predicted molar refractivity (Wildman–Crippen MR) is 61.9 cm³/mol. The number of fused-ring (bicyclic) bond motifs is 1. The number of aliphatic carboxylic acids is 1. The molecular weight excluding hydrogens is 218 g/mol. The van der Waals surface area contributed by atoms with Gasteiger partial charge >= 0.3 is 5.97 Å². The second-order valence-electron chi connectivity index (χ2n) is 4.79. The van der Waals surface area contributed by atoms with E-state index >= 15 is 0 Å². The summed E-state index contributed by atoms with van der Waals surface area (Å²) in [6, 6.07) is 5.50. The monoisotopic (exact) mass is 231 g/mol. The van der Waals surface area contributed by atoms with Crippen molar-refractivity contribution in [1.29, 1.82) is 0 Å². The molecule has 0 saturated heterocycles. The minimum Gasteiger partial charge on any atom is -0.481 e. The van der Waals surface area contributed by atoms with E-state index in [-0.39, 0.29) is 11.8 Å². The Morgan fingerprint density at radius 2 is 2.18 bits per heavy atom. The van der Waals surface area contributed by atoms with Gasteiger partial charge in [0.05, 0.1) is 12.3 Å². The largest absolute Gasteiger partial charge is 0.481 e. The lowest BCUT2D eigenvalue weighted by atomic mass is 9.92. The first-order valence-electron chi connectivity index (χ1n) is 5.80. The summed E-state index contributed by atoms with van der Waals surface area (Å²) >= 11 is 0. The molecule has 0 bridgehead atoms. The summed E-state index contributed by atoms with van der Waals surface area (Å²) in [6.45, 7) is 0. The van der Waals surface area contributed by atoms with Gasteiger partial charge in [0.25, 0.3) is 0 Å². The van der Waals surface area contributed by atoms with Gasteiger partial charge in [-0.15, -0.1) is 0 Å². The van der Waals surface area contributed by atoms with Gasteiger partial charge in [0.15, 0.2) is 0 Å². The van der Waals surface area contributed by atoms with Crippen molar-refractivity contribution in [2.75, 3.05) is 5.32 Å². The lowest BCUT2D eigenvalue weighted by Gasteiger charge is -2.12. The van der Waals surface area contributed by atoms with E-state index in [1.54, 1.807) is 0 Å². The smallest absolute Gasteiger partial charge is 0.311 e. The molecule has 2 N–H and O–H groups in total. The Kier molecular flexibility index (Phi) is 2.18. The summed E-state index contributed by atoms with van der Waals surface area (Å²) < 4.78 is 0. The zero-order chi connectivity index (χ0) is 12.0. The Hall–Kier alpha value is -1.84. The molecule has 1 aliphatic carbocycles. The number of carbonyl (C=O) groups is 2. The number of carboxylic acid groups (broad SMARTS) is 1. The van der Waals surface area contributed by atoms with Crippen LogP contribution in [-0.2, 0) is 16.0 Å². The molecular formula is C13H13NO3. The van der Waals surface area contributed by atoms with Crippen LogP contribution in [0.3, 0.4) is 0 Å². The number of amides is 1. The average Bonchev–Trinajstić information content (AvgIpc) is 2.99. The highest BCUT2D eigenvalue weighted by Crippen LogP contribution is 2.43. The van der Waals surface area contributed by atoms with Crippen LogP contribution in [0.15, 0.2) is 18.2 Å². The third-order valence-electron chi connectivity index (χ3n) is 3.47. The standard InChI is InChI=1S/C13H13NO3/c15-11-6-9-5-8(3-4-10(9)14-11)12(13(16)17)7-1-2-7/h3-5,7,12H,1-2,6H2,(H,14,15)(H,16,17). The van der Waals surface area contributed by atoms with E-state index in [9.17, 15) is 14.7 Å². The minimum atomic E-state index is -0.760. The van der Waals surface area contributed by atoms with E-state index in [1.165, 1.54) is 0 Å². The number of carbonyl (C=O) groups excluding carboxylic acids is 1. The van der Waals surface area contributed by atoms with Crippen LogP contribution in [0.4, 0.5) is 5.69 Å². The van der Waals surface area contributed by atoms with E-state index in [1.807, 2.05) is 18.2 Å². The molecule has 1 atom stereocenters. The van der Waals surface area contributed by atoms with Crippen molar-refractivity contribution in [3.8, 4) is 0 Å². The summed E-state index contributed by atoms with van der Waals surface area (Å²) in [7, 11) is 0. The summed E-state index contributed by atoms with van der Waals surface area (Å²) in [6.07, 6.45) is 2.34. The fourth-order valence-electron chi connectivity index (χ4n) is 2.49. The zero-order valence-electron chi connectivity index (χ0n) is 9.27. The normalized spacial score (nSPS) is 19.6. The first-order chi connectivity index (χ1) is 8.15. The molecule has 1 unspecified atom stereocenters. The number of nitrogens with one attached hydrogen (secondary N) is 1. The van der Waals surface area contributed by atoms with E-state index in [0.717, 1.165) is 29.7 Å².